The van der Waals surface area contributed by atoms with Gasteiger partial charge in [0.05, 0.1) is 16.3 Å². The lowest BCUT2D eigenvalue weighted by molar-refractivity contribution is 0.104. The van der Waals surface area contributed by atoms with E-state index in [-0.39, 0.29) is 11.5 Å². The first kappa shape index (κ1) is 18.8. The quantitative estimate of drug-likeness (QED) is 0.289. The van der Waals surface area contributed by atoms with Crippen molar-refractivity contribution in [2.45, 2.75) is 6.92 Å². The lowest BCUT2D eigenvalue weighted by atomic mass is 10.1. The highest BCUT2D eigenvalue weighted by molar-refractivity contribution is 6.42. The molecule has 0 spiro atoms. The summed E-state index contributed by atoms with van der Waals surface area (Å²) in [5.41, 5.74) is 1.75. The topological polar surface area (TPSA) is 46.5 Å². The zero-order chi connectivity index (χ0) is 18.4. The Balaban J connectivity index is 2.11. The second-order valence-electron chi connectivity index (χ2n) is 5.31. The maximum atomic E-state index is 12.2. The van der Waals surface area contributed by atoms with Crippen LogP contribution in [0.1, 0.15) is 22.8 Å². The Labute approximate surface area is 156 Å². The Morgan fingerprint density at radius 2 is 1.88 bits per heavy atom. The lowest BCUT2D eigenvalue weighted by Gasteiger charge is -2.04. The zero-order valence-electron chi connectivity index (χ0n) is 13.5. The Hall–Kier alpha value is -2.49. The van der Waals surface area contributed by atoms with E-state index in [2.05, 4.69) is 6.58 Å². The van der Waals surface area contributed by atoms with Crippen LogP contribution in [0.15, 0.2) is 67.0 Å². The van der Waals surface area contributed by atoms with E-state index in [4.69, 9.17) is 27.9 Å². The van der Waals surface area contributed by atoms with Gasteiger partial charge in [-0.15, -0.1) is 0 Å². The van der Waals surface area contributed by atoms with Gasteiger partial charge in [0, 0.05) is 17.2 Å². The molecule has 0 bridgehead atoms. The Bertz CT molecular complexity index is 867. The molecule has 25 heavy (non-hydrogen) atoms. The fraction of sp³-hybridized carbons (Fsp3) is 0.0500. The first-order chi connectivity index (χ1) is 11.9. The highest BCUT2D eigenvalue weighted by Gasteiger charge is 2.06. The number of ether oxygens (including phenoxy) is 1. The van der Waals surface area contributed by atoms with Gasteiger partial charge in [0.15, 0.2) is 5.78 Å². The number of hydrogen-bond acceptors (Lipinski definition) is 3. The molecule has 2 aromatic carbocycles. The lowest BCUT2D eigenvalue weighted by Crippen LogP contribution is -1.94. The third-order valence-corrected chi connectivity index (χ3v) is 3.92. The molecule has 3 nitrogen and oxygen atoms in total. The van der Waals surface area contributed by atoms with Crippen molar-refractivity contribution < 1.29 is 14.6 Å². The Morgan fingerprint density at radius 1 is 1.12 bits per heavy atom. The number of phenols is 1. The van der Waals surface area contributed by atoms with E-state index in [1.54, 1.807) is 30.3 Å². The molecule has 0 unspecified atom stereocenters. The van der Waals surface area contributed by atoms with Crippen LogP contribution in [0.5, 0.6) is 11.5 Å². The highest BCUT2D eigenvalue weighted by atomic mass is 35.5. The summed E-state index contributed by atoms with van der Waals surface area (Å²) in [7, 11) is 0. The van der Waals surface area contributed by atoms with Gasteiger partial charge in [-0.3, -0.25) is 4.79 Å². The predicted molar refractivity (Wildman–Crippen MR) is 103 cm³/mol. The van der Waals surface area contributed by atoms with Gasteiger partial charge in [-0.1, -0.05) is 35.4 Å². The van der Waals surface area contributed by atoms with Crippen LogP contribution in [0, 0.1) is 0 Å². The number of rotatable bonds is 6. The summed E-state index contributed by atoms with van der Waals surface area (Å²) in [5, 5.41) is 10.7. The van der Waals surface area contributed by atoms with Gasteiger partial charge in [-0.2, -0.15) is 0 Å². The second-order valence-corrected chi connectivity index (χ2v) is 6.13. The maximum absolute atomic E-state index is 12.2. The number of hydrogen-bond donors (Lipinski definition) is 1. The average molecular weight is 375 g/mol. The molecule has 0 saturated carbocycles. The smallest absolute Gasteiger partial charge is 0.185 e. The average Bonchev–Trinajstić information content (AvgIpc) is 2.56. The molecule has 0 heterocycles. The molecule has 1 N–H and O–H groups in total. The molecule has 0 radical (unpaired) electrons. The van der Waals surface area contributed by atoms with Gasteiger partial charge in [0.25, 0.3) is 0 Å². The monoisotopic (exact) mass is 374 g/mol. The van der Waals surface area contributed by atoms with Crippen LogP contribution >= 0.6 is 23.2 Å². The standard InChI is InChI=1S/C20H16Cl2O3/c1-13(2)9-10-25-16-6-3-14(20(24)12-16)5-8-19(23)15-4-7-17(21)18(22)11-15/h3-12,24H,1H2,2H3/b8-5+,10-9?. The predicted octanol–water partition coefficient (Wildman–Crippen LogP) is 6.06. The van der Waals surface area contributed by atoms with Gasteiger partial charge in [-0.05, 0) is 55.5 Å². The number of phenolic OH excluding ortho intramolecular Hbond substituents is 1. The van der Waals surface area contributed by atoms with Gasteiger partial charge < -0.3 is 9.84 Å². The van der Waals surface area contributed by atoms with Gasteiger partial charge in [-0.25, -0.2) is 0 Å². The zero-order valence-corrected chi connectivity index (χ0v) is 15.0. The van der Waals surface area contributed by atoms with Gasteiger partial charge in [0.1, 0.15) is 11.5 Å². The molecule has 0 aliphatic heterocycles. The summed E-state index contributed by atoms with van der Waals surface area (Å²) in [5.74, 6) is 0.227. The summed E-state index contributed by atoms with van der Waals surface area (Å²) >= 11 is 11.7. The third-order valence-electron chi connectivity index (χ3n) is 3.18. The highest BCUT2D eigenvalue weighted by Crippen LogP contribution is 2.26. The molecule has 2 aromatic rings. The van der Waals surface area contributed by atoms with Crippen molar-refractivity contribution in [3.63, 3.8) is 0 Å². The largest absolute Gasteiger partial charge is 0.507 e. The minimum atomic E-state index is -0.248. The van der Waals surface area contributed by atoms with E-state index in [9.17, 15) is 9.90 Å². The van der Waals surface area contributed by atoms with Crippen LogP contribution < -0.4 is 4.74 Å². The van der Waals surface area contributed by atoms with Crippen LogP contribution in [0.3, 0.4) is 0 Å². The molecule has 0 atom stereocenters. The Kier molecular flexibility index (Phi) is 6.45. The number of ketones is 1. The molecule has 0 aliphatic carbocycles. The molecular weight excluding hydrogens is 359 g/mol. The second kappa shape index (κ2) is 8.56. The fourth-order valence-electron chi connectivity index (χ4n) is 1.88. The van der Waals surface area contributed by atoms with E-state index in [1.807, 2.05) is 6.92 Å². The molecule has 0 fully saturated rings. The minimum absolute atomic E-state index is 0.000543. The summed E-state index contributed by atoms with van der Waals surface area (Å²) in [6, 6.07) is 9.45. The van der Waals surface area contributed by atoms with Crippen molar-refractivity contribution >= 4 is 35.1 Å². The van der Waals surface area contributed by atoms with Crippen LogP contribution in [0.25, 0.3) is 6.08 Å². The number of carbonyl (C=O) groups is 1. The van der Waals surface area contributed by atoms with Crippen molar-refractivity contribution in [3.8, 4) is 11.5 Å². The number of allylic oxidation sites excluding steroid dienone is 3. The molecule has 0 aromatic heterocycles. The summed E-state index contributed by atoms with van der Waals surface area (Å²) in [4.78, 5) is 12.2. The summed E-state index contributed by atoms with van der Waals surface area (Å²) < 4.78 is 5.35. The van der Waals surface area contributed by atoms with Crippen LogP contribution in [-0.4, -0.2) is 10.9 Å². The normalized spacial score (nSPS) is 11.2. The van der Waals surface area contributed by atoms with E-state index >= 15 is 0 Å². The van der Waals surface area contributed by atoms with Gasteiger partial charge >= 0.3 is 0 Å². The first-order valence-electron chi connectivity index (χ1n) is 7.36. The molecule has 0 aliphatic rings. The molecule has 0 amide bonds. The van der Waals surface area contributed by atoms with E-state index in [0.29, 0.717) is 26.9 Å². The summed E-state index contributed by atoms with van der Waals surface area (Å²) in [6.45, 7) is 5.56. The SMILES string of the molecule is C=C(C)C=COc1ccc(/C=C/C(=O)c2ccc(Cl)c(Cl)c2)c(O)c1. The number of carbonyl (C=O) groups excluding carboxylic acids is 1. The molecule has 2 rings (SSSR count). The first-order valence-corrected chi connectivity index (χ1v) is 8.11. The van der Waals surface area contributed by atoms with Gasteiger partial charge in [0.2, 0.25) is 0 Å². The summed E-state index contributed by atoms with van der Waals surface area (Å²) in [6.07, 6.45) is 6.07. The number of halogens is 2. The van der Waals surface area contributed by atoms with Crippen LogP contribution in [0.2, 0.25) is 10.0 Å². The van der Waals surface area contributed by atoms with E-state index < -0.39 is 0 Å². The van der Waals surface area contributed by atoms with Crippen LogP contribution in [0.4, 0.5) is 0 Å². The van der Waals surface area contributed by atoms with Crippen molar-refractivity contribution in [1.29, 1.82) is 0 Å². The molecular formula is C20H16Cl2O3. The van der Waals surface area contributed by atoms with Crippen LogP contribution in [-0.2, 0) is 0 Å². The number of aromatic hydroxyl groups is 1. The maximum Gasteiger partial charge on any atom is 0.185 e. The third kappa shape index (κ3) is 5.52. The molecule has 0 saturated heterocycles. The van der Waals surface area contributed by atoms with E-state index in [1.165, 1.54) is 30.5 Å². The number of benzene rings is 2. The molecule has 5 heteroatoms. The van der Waals surface area contributed by atoms with Crippen molar-refractivity contribution in [2.24, 2.45) is 0 Å². The fourth-order valence-corrected chi connectivity index (χ4v) is 2.18. The molecule has 128 valence electrons. The van der Waals surface area contributed by atoms with E-state index in [0.717, 1.165) is 5.57 Å². The Morgan fingerprint density at radius 3 is 2.52 bits per heavy atom. The van der Waals surface area contributed by atoms with Crippen molar-refractivity contribution in [2.75, 3.05) is 0 Å². The van der Waals surface area contributed by atoms with Crippen molar-refractivity contribution in [3.05, 3.63) is 88.1 Å². The van der Waals surface area contributed by atoms with Crippen molar-refractivity contribution in [1.82, 2.24) is 0 Å². The minimum Gasteiger partial charge on any atom is -0.507 e.